The minimum Gasteiger partial charge on any atom is -0.490 e. The molecule has 3 heteroatoms. The van der Waals surface area contributed by atoms with Crippen molar-refractivity contribution in [1.82, 2.24) is 0 Å². The van der Waals surface area contributed by atoms with Crippen LogP contribution >= 0.6 is 11.6 Å². The van der Waals surface area contributed by atoms with Crippen LogP contribution < -0.4 is 10.5 Å². The molecule has 0 aliphatic heterocycles. The van der Waals surface area contributed by atoms with Gasteiger partial charge in [-0.05, 0) is 25.0 Å². The molecule has 1 fully saturated rings. The van der Waals surface area contributed by atoms with Gasteiger partial charge in [-0.15, -0.1) is 0 Å². The number of benzene rings is 1. The molecule has 1 aliphatic carbocycles. The summed E-state index contributed by atoms with van der Waals surface area (Å²) in [5, 5.41) is 0.652. The average Bonchev–Trinajstić information content (AvgIpc) is 2.65. The zero-order chi connectivity index (χ0) is 10.7. The fraction of sp³-hybridized carbons (Fsp3) is 0.500. The first kappa shape index (κ1) is 10.8. The molecule has 0 spiro atoms. The Labute approximate surface area is 95.4 Å². The van der Waals surface area contributed by atoms with Crippen LogP contribution in [0.15, 0.2) is 24.3 Å². The van der Waals surface area contributed by atoms with Gasteiger partial charge < -0.3 is 10.5 Å². The van der Waals surface area contributed by atoms with Gasteiger partial charge in [0.1, 0.15) is 12.4 Å². The van der Waals surface area contributed by atoms with Crippen molar-refractivity contribution in [3.8, 4) is 5.75 Å². The molecule has 0 atom stereocenters. The maximum absolute atomic E-state index is 6.19. The molecule has 0 unspecified atom stereocenters. The maximum atomic E-state index is 6.19. The summed E-state index contributed by atoms with van der Waals surface area (Å²) in [6.45, 7) is 0.566. The second-order valence-electron chi connectivity index (χ2n) is 4.29. The third-order valence-corrected chi connectivity index (χ3v) is 3.26. The van der Waals surface area contributed by atoms with Crippen LogP contribution in [0.5, 0.6) is 5.75 Å². The SMILES string of the molecule is NC1(COc2ccccc2Cl)CCCC1. The van der Waals surface area contributed by atoms with Crippen LogP contribution in [0.2, 0.25) is 5.02 Å². The first-order valence-electron chi connectivity index (χ1n) is 5.36. The van der Waals surface area contributed by atoms with E-state index in [-0.39, 0.29) is 5.54 Å². The molecular formula is C12H16ClNO. The predicted octanol–water partition coefficient (Wildman–Crippen LogP) is 2.99. The number of nitrogens with two attached hydrogens (primary N) is 1. The Morgan fingerprint density at radius 1 is 1.27 bits per heavy atom. The molecule has 1 aliphatic rings. The molecule has 2 N–H and O–H groups in total. The van der Waals surface area contributed by atoms with Crippen molar-refractivity contribution in [2.24, 2.45) is 5.73 Å². The van der Waals surface area contributed by atoms with E-state index < -0.39 is 0 Å². The highest BCUT2D eigenvalue weighted by Crippen LogP contribution is 2.29. The Kier molecular flexibility index (Phi) is 3.17. The Bertz CT molecular complexity index is 334. The highest BCUT2D eigenvalue weighted by molar-refractivity contribution is 6.32. The van der Waals surface area contributed by atoms with Crippen molar-refractivity contribution < 1.29 is 4.74 Å². The molecule has 1 aromatic carbocycles. The Balaban J connectivity index is 1.95. The summed E-state index contributed by atoms with van der Waals surface area (Å²) in [7, 11) is 0. The van der Waals surface area contributed by atoms with Crippen LogP contribution in [0.25, 0.3) is 0 Å². The van der Waals surface area contributed by atoms with Crippen molar-refractivity contribution in [3.63, 3.8) is 0 Å². The predicted molar refractivity (Wildman–Crippen MR) is 62.3 cm³/mol. The molecule has 82 valence electrons. The summed E-state index contributed by atoms with van der Waals surface area (Å²) in [5.74, 6) is 0.732. The summed E-state index contributed by atoms with van der Waals surface area (Å²) < 4.78 is 5.67. The molecule has 0 heterocycles. The van der Waals surface area contributed by atoms with Crippen LogP contribution in [0, 0.1) is 0 Å². The van der Waals surface area contributed by atoms with Gasteiger partial charge in [0.05, 0.1) is 10.6 Å². The van der Waals surface area contributed by atoms with Crippen LogP contribution in [0.3, 0.4) is 0 Å². The van der Waals surface area contributed by atoms with E-state index >= 15 is 0 Å². The zero-order valence-corrected chi connectivity index (χ0v) is 9.46. The molecule has 0 aromatic heterocycles. The van der Waals surface area contributed by atoms with Crippen molar-refractivity contribution >= 4 is 11.6 Å². The van der Waals surface area contributed by atoms with Crippen molar-refractivity contribution in [3.05, 3.63) is 29.3 Å². The summed E-state index contributed by atoms with van der Waals surface area (Å²) in [4.78, 5) is 0. The summed E-state index contributed by atoms with van der Waals surface area (Å²) in [6.07, 6.45) is 4.53. The molecule has 2 rings (SSSR count). The highest BCUT2D eigenvalue weighted by Gasteiger charge is 2.30. The monoisotopic (exact) mass is 225 g/mol. The van der Waals surface area contributed by atoms with Gasteiger partial charge in [-0.2, -0.15) is 0 Å². The van der Waals surface area contributed by atoms with E-state index in [1.165, 1.54) is 12.8 Å². The number of rotatable bonds is 3. The van der Waals surface area contributed by atoms with E-state index in [0.29, 0.717) is 11.6 Å². The van der Waals surface area contributed by atoms with Gasteiger partial charge in [0, 0.05) is 0 Å². The average molecular weight is 226 g/mol. The largest absolute Gasteiger partial charge is 0.490 e. The Morgan fingerprint density at radius 2 is 1.93 bits per heavy atom. The van der Waals surface area contributed by atoms with E-state index in [2.05, 4.69) is 0 Å². The van der Waals surface area contributed by atoms with E-state index in [0.717, 1.165) is 18.6 Å². The Morgan fingerprint density at radius 3 is 2.60 bits per heavy atom. The number of hydrogen-bond donors (Lipinski definition) is 1. The molecule has 2 nitrogen and oxygen atoms in total. The quantitative estimate of drug-likeness (QED) is 0.859. The van der Waals surface area contributed by atoms with E-state index in [1.807, 2.05) is 24.3 Å². The maximum Gasteiger partial charge on any atom is 0.137 e. The first-order valence-corrected chi connectivity index (χ1v) is 5.74. The third kappa shape index (κ3) is 2.64. The van der Waals surface area contributed by atoms with Crippen LogP contribution in [-0.4, -0.2) is 12.1 Å². The third-order valence-electron chi connectivity index (χ3n) is 2.95. The lowest BCUT2D eigenvalue weighted by Crippen LogP contribution is -2.42. The van der Waals surface area contributed by atoms with Gasteiger partial charge in [-0.3, -0.25) is 0 Å². The van der Waals surface area contributed by atoms with Gasteiger partial charge in [0.25, 0.3) is 0 Å². The molecular weight excluding hydrogens is 210 g/mol. The minimum atomic E-state index is -0.140. The number of para-hydroxylation sites is 1. The smallest absolute Gasteiger partial charge is 0.137 e. The second-order valence-corrected chi connectivity index (χ2v) is 4.70. The fourth-order valence-electron chi connectivity index (χ4n) is 2.01. The first-order chi connectivity index (χ1) is 7.20. The van der Waals surface area contributed by atoms with Crippen LogP contribution in [0.4, 0.5) is 0 Å². The lowest BCUT2D eigenvalue weighted by Gasteiger charge is -2.23. The summed E-state index contributed by atoms with van der Waals surface area (Å²) in [5.41, 5.74) is 6.05. The molecule has 0 bridgehead atoms. The molecule has 1 aromatic rings. The lowest BCUT2D eigenvalue weighted by atomic mass is 10.0. The normalized spacial score (nSPS) is 19.1. The molecule has 0 saturated heterocycles. The topological polar surface area (TPSA) is 35.2 Å². The van der Waals surface area contributed by atoms with Gasteiger partial charge in [0.2, 0.25) is 0 Å². The lowest BCUT2D eigenvalue weighted by molar-refractivity contribution is 0.220. The van der Waals surface area contributed by atoms with Gasteiger partial charge >= 0.3 is 0 Å². The van der Waals surface area contributed by atoms with Crippen molar-refractivity contribution in [1.29, 1.82) is 0 Å². The molecule has 0 radical (unpaired) electrons. The molecule has 15 heavy (non-hydrogen) atoms. The molecule has 0 amide bonds. The standard InChI is InChI=1S/C12H16ClNO/c13-10-5-1-2-6-11(10)15-9-12(14)7-3-4-8-12/h1-2,5-6H,3-4,7-9,14H2. The number of hydrogen-bond acceptors (Lipinski definition) is 2. The van der Waals surface area contributed by atoms with Gasteiger partial charge in [-0.1, -0.05) is 36.6 Å². The number of ether oxygens (including phenoxy) is 1. The van der Waals surface area contributed by atoms with E-state index in [9.17, 15) is 0 Å². The van der Waals surface area contributed by atoms with Gasteiger partial charge in [-0.25, -0.2) is 0 Å². The van der Waals surface area contributed by atoms with E-state index in [1.54, 1.807) is 0 Å². The fourth-order valence-corrected chi connectivity index (χ4v) is 2.20. The van der Waals surface area contributed by atoms with Crippen LogP contribution in [-0.2, 0) is 0 Å². The van der Waals surface area contributed by atoms with Crippen molar-refractivity contribution in [2.75, 3.05) is 6.61 Å². The van der Waals surface area contributed by atoms with E-state index in [4.69, 9.17) is 22.1 Å². The summed E-state index contributed by atoms with van der Waals surface area (Å²) in [6, 6.07) is 7.51. The highest BCUT2D eigenvalue weighted by atomic mass is 35.5. The summed E-state index contributed by atoms with van der Waals surface area (Å²) >= 11 is 5.99. The number of halogens is 1. The minimum absolute atomic E-state index is 0.140. The molecule has 1 saturated carbocycles. The Hall–Kier alpha value is -0.730. The van der Waals surface area contributed by atoms with Gasteiger partial charge in [0.15, 0.2) is 0 Å². The zero-order valence-electron chi connectivity index (χ0n) is 8.71. The van der Waals surface area contributed by atoms with Crippen LogP contribution in [0.1, 0.15) is 25.7 Å². The van der Waals surface area contributed by atoms with Crippen molar-refractivity contribution in [2.45, 2.75) is 31.2 Å². The second kappa shape index (κ2) is 4.42.